The monoisotopic (exact) mass is 460 g/mol. The fraction of sp³-hybridized carbons (Fsp3) is 0.0882. The van der Waals surface area contributed by atoms with Crippen molar-refractivity contribution in [2.45, 2.75) is 19.3 Å². The van der Waals surface area contributed by atoms with Gasteiger partial charge < -0.3 is 0 Å². The molecule has 170 valence electrons. The van der Waals surface area contributed by atoms with Crippen LogP contribution in [0.25, 0.3) is 60.6 Å². The smallest absolute Gasteiger partial charge is 0.146 e. The van der Waals surface area contributed by atoms with Gasteiger partial charge in [-0.2, -0.15) is 0 Å². The molecule has 0 unspecified atom stereocenters. The minimum Gasteiger partial charge on any atom is -0.292 e. The van der Waals surface area contributed by atoms with Crippen molar-refractivity contribution in [2.75, 3.05) is 0 Å². The summed E-state index contributed by atoms with van der Waals surface area (Å²) in [5, 5.41) is 3.68. The normalized spacial score (nSPS) is 14.1. The van der Waals surface area contributed by atoms with Crippen LogP contribution < -0.4 is 0 Å². The van der Waals surface area contributed by atoms with Gasteiger partial charge in [0.15, 0.2) is 0 Å². The van der Waals surface area contributed by atoms with E-state index in [1.807, 2.05) is 0 Å². The van der Waals surface area contributed by atoms with Crippen LogP contribution in [0, 0.1) is 0 Å². The highest BCUT2D eigenvalue weighted by Crippen LogP contribution is 2.49. The molecule has 0 spiro atoms. The predicted molar refractivity (Wildman–Crippen MR) is 151 cm³/mol. The highest BCUT2D eigenvalue weighted by atomic mass is 15.0. The number of rotatable bonds is 1. The van der Waals surface area contributed by atoms with E-state index in [2.05, 4.69) is 127 Å². The first-order valence-electron chi connectivity index (χ1n) is 12.6. The van der Waals surface area contributed by atoms with Crippen LogP contribution >= 0.6 is 0 Å². The van der Waals surface area contributed by atoms with Crippen molar-refractivity contribution in [1.82, 2.24) is 9.38 Å². The maximum absolute atomic E-state index is 5.05. The van der Waals surface area contributed by atoms with Gasteiger partial charge in [0, 0.05) is 16.2 Å². The third kappa shape index (κ3) is 2.48. The molecule has 2 heteroatoms. The molecule has 0 saturated heterocycles. The van der Waals surface area contributed by atoms with Crippen LogP contribution in [-0.2, 0) is 5.41 Å². The van der Waals surface area contributed by atoms with Crippen molar-refractivity contribution in [3.63, 3.8) is 0 Å². The summed E-state index contributed by atoms with van der Waals surface area (Å²) in [5.41, 5.74) is 12.4. The summed E-state index contributed by atoms with van der Waals surface area (Å²) in [7, 11) is 0. The van der Waals surface area contributed by atoms with Gasteiger partial charge in [0.05, 0.1) is 16.6 Å². The Labute approximate surface area is 209 Å². The van der Waals surface area contributed by atoms with Crippen LogP contribution in [0.1, 0.15) is 25.0 Å². The largest absolute Gasteiger partial charge is 0.292 e. The molecular weight excluding hydrogens is 436 g/mol. The van der Waals surface area contributed by atoms with Crippen LogP contribution in [0.2, 0.25) is 0 Å². The van der Waals surface area contributed by atoms with Gasteiger partial charge in [-0.25, -0.2) is 4.98 Å². The molecular formula is C34H24N2. The Kier molecular flexibility index (Phi) is 3.76. The zero-order valence-corrected chi connectivity index (χ0v) is 20.3. The van der Waals surface area contributed by atoms with Crippen LogP contribution in [-0.4, -0.2) is 9.38 Å². The molecule has 0 amide bonds. The Bertz CT molecular complexity index is 2020. The molecule has 0 saturated carbocycles. The lowest BCUT2D eigenvalue weighted by Gasteiger charge is -2.22. The van der Waals surface area contributed by atoms with Crippen LogP contribution in [0.4, 0.5) is 0 Å². The van der Waals surface area contributed by atoms with E-state index in [1.54, 1.807) is 0 Å². The molecule has 2 heterocycles. The first-order chi connectivity index (χ1) is 17.6. The van der Waals surface area contributed by atoms with E-state index < -0.39 is 0 Å². The Morgan fingerprint density at radius 3 is 2.17 bits per heavy atom. The molecule has 5 aromatic carbocycles. The average molecular weight is 461 g/mol. The molecule has 36 heavy (non-hydrogen) atoms. The van der Waals surface area contributed by atoms with Crippen LogP contribution in [0.3, 0.4) is 0 Å². The van der Waals surface area contributed by atoms with Gasteiger partial charge in [0.2, 0.25) is 0 Å². The molecule has 7 aromatic rings. The van der Waals surface area contributed by atoms with E-state index in [4.69, 9.17) is 4.98 Å². The van der Waals surface area contributed by atoms with Crippen molar-refractivity contribution in [3.8, 4) is 22.3 Å². The highest BCUT2D eigenvalue weighted by Gasteiger charge is 2.35. The summed E-state index contributed by atoms with van der Waals surface area (Å²) < 4.78 is 2.31. The quantitative estimate of drug-likeness (QED) is 0.224. The number of hydrogen-bond donors (Lipinski definition) is 0. The Hall–Kier alpha value is -4.43. The second kappa shape index (κ2) is 6.83. The zero-order valence-electron chi connectivity index (χ0n) is 20.3. The SMILES string of the molecule is CC1(C)c2ccccc2-c2ccc(-c3ccc4c(c3)c3ccccc3n3c5ccccc5nc43)cc21. The number of hydrogen-bond acceptors (Lipinski definition) is 1. The lowest BCUT2D eigenvalue weighted by atomic mass is 9.81. The van der Waals surface area contributed by atoms with Crippen molar-refractivity contribution < 1.29 is 0 Å². The standard InChI is InChI=1S/C34H24N2/c1-34(2)28-11-5-3-9-23(28)24-17-15-22(20-29(24)34)21-16-18-26-27(19-21)25-10-4-7-13-31(25)36-32-14-8-6-12-30(32)35-33(26)36/h3-20H,1-2H3. The van der Waals surface area contributed by atoms with Gasteiger partial charge in [-0.3, -0.25) is 4.40 Å². The highest BCUT2D eigenvalue weighted by molar-refractivity contribution is 6.14. The molecule has 0 radical (unpaired) electrons. The van der Waals surface area contributed by atoms with E-state index in [0.717, 1.165) is 16.7 Å². The number of aromatic nitrogens is 2. The number of pyridine rings is 1. The molecule has 0 atom stereocenters. The summed E-state index contributed by atoms with van der Waals surface area (Å²) in [6.45, 7) is 4.68. The molecule has 0 bridgehead atoms. The van der Waals surface area contributed by atoms with E-state index >= 15 is 0 Å². The predicted octanol–water partition coefficient (Wildman–Crippen LogP) is 8.77. The number of fused-ring (bicyclic) bond motifs is 11. The van der Waals surface area contributed by atoms with Crippen LogP contribution in [0.15, 0.2) is 109 Å². The van der Waals surface area contributed by atoms with E-state index in [0.29, 0.717) is 0 Å². The lowest BCUT2D eigenvalue weighted by Crippen LogP contribution is -2.14. The second-order valence-corrected chi connectivity index (χ2v) is 10.5. The summed E-state index contributed by atoms with van der Waals surface area (Å²) in [6.07, 6.45) is 0. The molecule has 0 aliphatic heterocycles. The average Bonchev–Trinajstić information content (AvgIpc) is 3.42. The summed E-state index contributed by atoms with van der Waals surface area (Å²) in [6, 6.07) is 39.8. The third-order valence-electron chi connectivity index (χ3n) is 8.17. The Balaban J connectivity index is 1.40. The number of nitrogens with zero attached hydrogens (tertiary/aromatic N) is 2. The lowest BCUT2D eigenvalue weighted by molar-refractivity contribution is 0.660. The Morgan fingerprint density at radius 2 is 1.25 bits per heavy atom. The molecule has 0 N–H and O–H groups in total. The Morgan fingerprint density at radius 1 is 0.556 bits per heavy atom. The van der Waals surface area contributed by atoms with Crippen molar-refractivity contribution in [3.05, 3.63) is 120 Å². The van der Waals surface area contributed by atoms with E-state index in [-0.39, 0.29) is 5.41 Å². The minimum atomic E-state index is -0.00635. The van der Waals surface area contributed by atoms with Gasteiger partial charge in [-0.05, 0) is 75.2 Å². The maximum atomic E-state index is 5.05. The fourth-order valence-electron chi connectivity index (χ4n) is 6.37. The number of benzene rings is 5. The topological polar surface area (TPSA) is 17.3 Å². The summed E-state index contributed by atoms with van der Waals surface area (Å²) in [5.74, 6) is 0. The van der Waals surface area contributed by atoms with Gasteiger partial charge in [-0.15, -0.1) is 0 Å². The second-order valence-electron chi connectivity index (χ2n) is 10.5. The molecule has 0 fully saturated rings. The van der Waals surface area contributed by atoms with Crippen LogP contribution in [0.5, 0.6) is 0 Å². The fourth-order valence-corrected chi connectivity index (χ4v) is 6.37. The van der Waals surface area contributed by atoms with Crippen molar-refractivity contribution in [2.24, 2.45) is 0 Å². The van der Waals surface area contributed by atoms with Crippen molar-refractivity contribution >= 4 is 38.4 Å². The molecule has 2 nitrogen and oxygen atoms in total. The molecule has 1 aliphatic carbocycles. The summed E-state index contributed by atoms with van der Waals surface area (Å²) in [4.78, 5) is 5.05. The van der Waals surface area contributed by atoms with E-state index in [1.165, 1.54) is 55.1 Å². The van der Waals surface area contributed by atoms with Gasteiger partial charge in [-0.1, -0.05) is 86.6 Å². The molecule has 8 rings (SSSR count). The minimum absolute atomic E-state index is 0.00635. The van der Waals surface area contributed by atoms with E-state index in [9.17, 15) is 0 Å². The first kappa shape index (κ1) is 19.8. The number of imidazole rings is 1. The van der Waals surface area contributed by atoms with Gasteiger partial charge in [0.25, 0.3) is 0 Å². The van der Waals surface area contributed by atoms with Gasteiger partial charge in [0.1, 0.15) is 5.65 Å². The van der Waals surface area contributed by atoms with Gasteiger partial charge >= 0.3 is 0 Å². The summed E-state index contributed by atoms with van der Waals surface area (Å²) >= 11 is 0. The molecule has 2 aromatic heterocycles. The van der Waals surface area contributed by atoms with Crippen molar-refractivity contribution in [1.29, 1.82) is 0 Å². The number of para-hydroxylation sites is 3. The maximum Gasteiger partial charge on any atom is 0.146 e. The first-order valence-corrected chi connectivity index (χ1v) is 12.6. The zero-order chi connectivity index (χ0) is 24.0. The third-order valence-corrected chi connectivity index (χ3v) is 8.17. The molecule has 1 aliphatic rings.